The molecule has 0 spiro atoms. The van der Waals surface area contributed by atoms with E-state index in [1.807, 2.05) is 54.6 Å². The Bertz CT molecular complexity index is 1080. The monoisotopic (exact) mass is 510 g/mol. The lowest BCUT2D eigenvalue weighted by molar-refractivity contribution is -0.115. The van der Waals surface area contributed by atoms with E-state index in [9.17, 15) is 9.59 Å². The van der Waals surface area contributed by atoms with Crippen LogP contribution in [0.1, 0.15) is 57.6 Å². The highest BCUT2D eigenvalue weighted by Crippen LogP contribution is 2.37. The largest absolute Gasteiger partial charge is 0.348 e. The van der Waals surface area contributed by atoms with Gasteiger partial charge in [0.2, 0.25) is 5.91 Å². The molecule has 4 nitrogen and oxygen atoms in total. The van der Waals surface area contributed by atoms with E-state index < -0.39 is 0 Å². The van der Waals surface area contributed by atoms with E-state index in [1.54, 1.807) is 11.3 Å². The Labute approximate surface area is 201 Å². The molecular weight excluding hydrogens is 484 g/mol. The summed E-state index contributed by atoms with van der Waals surface area (Å²) >= 11 is 5.00. The molecule has 3 aromatic rings. The first-order chi connectivity index (χ1) is 15.6. The number of carbonyl (C=O) groups excluding carboxylic acids is 2. The van der Waals surface area contributed by atoms with Crippen molar-refractivity contribution in [3.8, 4) is 0 Å². The van der Waals surface area contributed by atoms with Crippen LogP contribution in [0, 0.1) is 0 Å². The second kappa shape index (κ2) is 10.9. The zero-order chi connectivity index (χ0) is 22.3. The number of hydrogen-bond acceptors (Lipinski definition) is 3. The van der Waals surface area contributed by atoms with E-state index in [0.29, 0.717) is 17.1 Å². The van der Waals surface area contributed by atoms with Crippen LogP contribution in [0.3, 0.4) is 0 Å². The van der Waals surface area contributed by atoms with Crippen molar-refractivity contribution in [2.45, 2.75) is 51.5 Å². The minimum atomic E-state index is -0.106. The summed E-state index contributed by atoms with van der Waals surface area (Å²) in [6, 6.07) is 17.6. The van der Waals surface area contributed by atoms with Crippen LogP contribution in [-0.4, -0.2) is 11.8 Å². The first-order valence-corrected chi connectivity index (χ1v) is 12.7. The van der Waals surface area contributed by atoms with Crippen molar-refractivity contribution in [1.29, 1.82) is 0 Å². The molecule has 166 valence electrons. The quantitative estimate of drug-likeness (QED) is 0.409. The van der Waals surface area contributed by atoms with E-state index >= 15 is 0 Å². The summed E-state index contributed by atoms with van der Waals surface area (Å²) in [5.74, 6) is -0.204. The highest BCUT2D eigenvalue weighted by molar-refractivity contribution is 9.10. The maximum atomic E-state index is 13.3. The van der Waals surface area contributed by atoms with Gasteiger partial charge in [0, 0.05) is 15.9 Å². The Balaban J connectivity index is 1.55. The van der Waals surface area contributed by atoms with Crippen molar-refractivity contribution < 1.29 is 9.59 Å². The number of fused-ring (bicyclic) bond motifs is 1. The maximum absolute atomic E-state index is 13.3. The molecule has 0 fully saturated rings. The van der Waals surface area contributed by atoms with Gasteiger partial charge < -0.3 is 10.6 Å². The molecule has 2 aromatic carbocycles. The topological polar surface area (TPSA) is 58.2 Å². The van der Waals surface area contributed by atoms with E-state index in [1.165, 1.54) is 17.7 Å². The summed E-state index contributed by atoms with van der Waals surface area (Å²) in [5, 5.41) is 6.81. The summed E-state index contributed by atoms with van der Waals surface area (Å²) in [7, 11) is 0. The van der Waals surface area contributed by atoms with Crippen molar-refractivity contribution in [2.75, 3.05) is 5.32 Å². The van der Waals surface area contributed by atoms with Gasteiger partial charge in [0.25, 0.3) is 5.91 Å². The Morgan fingerprint density at radius 2 is 1.59 bits per heavy atom. The fourth-order valence-electron chi connectivity index (χ4n) is 4.07. The Kier molecular flexibility index (Phi) is 7.76. The summed E-state index contributed by atoms with van der Waals surface area (Å²) in [4.78, 5) is 27.4. The molecule has 0 radical (unpaired) electrons. The van der Waals surface area contributed by atoms with E-state index in [2.05, 4.69) is 26.6 Å². The average Bonchev–Trinajstić information content (AvgIpc) is 3.10. The lowest BCUT2D eigenvalue weighted by Gasteiger charge is -2.13. The third-order valence-electron chi connectivity index (χ3n) is 5.73. The van der Waals surface area contributed by atoms with Crippen LogP contribution in [0.2, 0.25) is 0 Å². The number of amides is 2. The molecule has 2 amide bonds. The number of halogens is 1. The van der Waals surface area contributed by atoms with Crippen LogP contribution in [-0.2, 0) is 30.6 Å². The summed E-state index contributed by atoms with van der Waals surface area (Å²) in [6.45, 7) is 0.469. The zero-order valence-corrected chi connectivity index (χ0v) is 20.4. The van der Waals surface area contributed by atoms with Crippen LogP contribution < -0.4 is 10.6 Å². The van der Waals surface area contributed by atoms with Gasteiger partial charge in [-0.3, -0.25) is 9.59 Å². The highest BCUT2D eigenvalue weighted by Gasteiger charge is 2.25. The molecule has 1 heterocycles. The normalized spacial score (nSPS) is 13.5. The molecule has 0 unspecified atom stereocenters. The lowest BCUT2D eigenvalue weighted by atomic mass is 9.96. The van der Waals surface area contributed by atoms with Gasteiger partial charge in [-0.2, -0.15) is 0 Å². The molecule has 0 saturated heterocycles. The first-order valence-electron chi connectivity index (χ1n) is 11.1. The molecule has 0 atom stereocenters. The Hall–Kier alpha value is -2.44. The fourth-order valence-corrected chi connectivity index (χ4v) is 5.64. The molecule has 6 heteroatoms. The minimum absolute atomic E-state index is 0.0985. The standard InChI is InChI=1S/C26H27BrN2O2S/c27-20-14-12-18(13-15-20)16-23(30)29-26-24(21-10-6-1-2-7-11-22(21)32-26)25(31)28-17-19-8-4-3-5-9-19/h3-5,8-9,12-15H,1-2,6-7,10-11,16-17H2,(H,28,31)(H,29,30). The smallest absolute Gasteiger partial charge is 0.254 e. The summed E-state index contributed by atoms with van der Waals surface area (Å²) < 4.78 is 0.983. The van der Waals surface area contributed by atoms with Crippen molar-refractivity contribution in [2.24, 2.45) is 0 Å². The van der Waals surface area contributed by atoms with Crippen molar-refractivity contribution in [3.05, 3.63) is 86.2 Å². The number of aryl methyl sites for hydroxylation is 1. The number of hydrogen-bond donors (Lipinski definition) is 2. The first kappa shape index (κ1) is 22.7. The number of anilines is 1. The van der Waals surface area contributed by atoms with Gasteiger partial charge in [-0.1, -0.05) is 71.2 Å². The highest BCUT2D eigenvalue weighted by atomic mass is 79.9. The molecule has 1 aromatic heterocycles. The predicted octanol–water partition coefficient (Wildman–Crippen LogP) is 6.28. The molecular formula is C26H27BrN2O2S. The van der Waals surface area contributed by atoms with Gasteiger partial charge in [-0.05, 0) is 54.5 Å². The van der Waals surface area contributed by atoms with Crippen LogP contribution in [0.15, 0.2) is 59.1 Å². The van der Waals surface area contributed by atoms with Gasteiger partial charge in [-0.25, -0.2) is 0 Å². The molecule has 4 rings (SSSR count). The van der Waals surface area contributed by atoms with Gasteiger partial charge in [0.15, 0.2) is 0 Å². The molecule has 1 aliphatic carbocycles. The van der Waals surface area contributed by atoms with Gasteiger partial charge in [-0.15, -0.1) is 11.3 Å². The van der Waals surface area contributed by atoms with E-state index in [4.69, 9.17) is 0 Å². The third kappa shape index (κ3) is 5.87. The van der Waals surface area contributed by atoms with Gasteiger partial charge in [0.05, 0.1) is 12.0 Å². The third-order valence-corrected chi connectivity index (χ3v) is 7.46. The molecule has 1 aliphatic rings. The molecule has 0 saturated carbocycles. The number of carbonyl (C=O) groups is 2. The lowest BCUT2D eigenvalue weighted by Crippen LogP contribution is -2.25. The van der Waals surface area contributed by atoms with Crippen LogP contribution >= 0.6 is 27.3 Å². The van der Waals surface area contributed by atoms with Crippen LogP contribution in [0.4, 0.5) is 5.00 Å². The molecule has 2 N–H and O–H groups in total. The number of thiophene rings is 1. The van der Waals surface area contributed by atoms with Crippen LogP contribution in [0.5, 0.6) is 0 Å². The number of nitrogens with one attached hydrogen (secondary N) is 2. The SMILES string of the molecule is O=C(Cc1ccc(Br)cc1)Nc1sc2c(c1C(=O)NCc1ccccc1)CCCCCC2. The Morgan fingerprint density at radius 3 is 2.34 bits per heavy atom. The van der Waals surface area contributed by atoms with Crippen molar-refractivity contribution in [3.63, 3.8) is 0 Å². The molecule has 32 heavy (non-hydrogen) atoms. The van der Waals surface area contributed by atoms with Gasteiger partial charge in [0.1, 0.15) is 5.00 Å². The number of rotatable bonds is 6. The van der Waals surface area contributed by atoms with E-state index in [0.717, 1.165) is 46.8 Å². The van der Waals surface area contributed by atoms with Crippen molar-refractivity contribution >= 4 is 44.1 Å². The second-order valence-corrected chi connectivity index (χ2v) is 10.2. The minimum Gasteiger partial charge on any atom is -0.348 e. The van der Waals surface area contributed by atoms with Crippen LogP contribution in [0.25, 0.3) is 0 Å². The predicted molar refractivity (Wildman–Crippen MR) is 134 cm³/mol. The summed E-state index contributed by atoms with van der Waals surface area (Å²) in [6.07, 6.45) is 6.76. The van der Waals surface area contributed by atoms with Gasteiger partial charge >= 0.3 is 0 Å². The number of benzene rings is 2. The van der Waals surface area contributed by atoms with E-state index in [-0.39, 0.29) is 18.2 Å². The molecule has 0 bridgehead atoms. The summed E-state index contributed by atoms with van der Waals surface area (Å²) in [5.41, 5.74) is 3.78. The fraction of sp³-hybridized carbons (Fsp3) is 0.308. The Morgan fingerprint density at radius 1 is 0.875 bits per heavy atom. The average molecular weight is 511 g/mol. The second-order valence-electron chi connectivity index (χ2n) is 8.14. The maximum Gasteiger partial charge on any atom is 0.254 e. The van der Waals surface area contributed by atoms with Crippen molar-refractivity contribution in [1.82, 2.24) is 5.32 Å². The zero-order valence-electron chi connectivity index (χ0n) is 18.0. The molecule has 0 aliphatic heterocycles.